The number of carboxylic acids is 2. The summed E-state index contributed by atoms with van der Waals surface area (Å²) in [5, 5.41) is 69.5. The van der Waals surface area contributed by atoms with Crippen LogP contribution in [0.3, 0.4) is 0 Å². The lowest BCUT2D eigenvalue weighted by molar-refractivity contribution is -0.143. The van der Waals surface area contributed by atoms with Gasteiger partial charge >= 0.3 is 11.9 Å². The molecule has 10 amide bonds. The number of carbonyl (C=O) groups excluding carboxylic acids is 10. The smallest absolute Gasteiger partial charge is 0.328 e. The predicted molar refractivity (Wildman–Crippen MR) is 260 cm³/mol. The number of aliphatic hydroxyl groups excluding tert-OH is 3. The molecule has 1 rings (SSSR count). The monoisotopic (exact) mass is 1050 g/mol. The summed E-state index contributed by atoms with van der Waals surface area (Å²) in [5.41, 5.74) is 11.3. The van der Waals surface area contributed by atoms with E-state index in [1.165, 1.54) is 27.7 Å². The third kappa shape index (κ3) is 23.1. The topological polar surface area (TPSA) is 466 Å². The van der Waals surface area contributed by atoms with E-state index < -0.39 is 182 Å². The first-order valence-corrected chi connectivity index (χ1v) is 23.6. The summed E-state index contributed by atoms with van der Waals surface area (Å²) in [5.74, 6) is -14.4. The van der Waals surface area contributed by atoms with Crippen molar-refractivity contribution in [2.75, 3.05) is 19.8 Å². The minimum Gasteiger partial charge on any atom is -0.481 e. The molecule has 0 aromatic heterocycles. The summed E-state index contributed by atoms with van der Waals surface area (Å²) in [7, 11) is 0. The number of hydrogen-bond acceptors (Lipinski definition) is 16. The third-order valence-electron chi connectivity index (χ3n) is 10.9. The maximum atomic E-state index is 14.1. The van der Waals surface area contributed by atoms with Gasteiger partial charge in [0.15, 0.2) is 0 Å². The second kappa shape index (κ2) is 32.0. The lowest BCUT2D eigenvalue weighted by atomic mass is 10.00. The van der Waals surface area contributed by atoms with Crippen molar-refractivity contribution in [1.82, 2.24) is 47.9 Å². The van der Waals surface area contributed by atoms with Crippen molar-refractivity contribution in [2.24, 2.45) is 29.2 Å². The Morgan fingerprint density at radius 1 is 0.541 bits per heavy atom. The van der Waals surface area contributed by atoms with Crippen molar-refractivity contribution in [3.63, 3.8) is 0 Å². The fraction of sp³-hybridized carbons (Fsp3) is 0.609. The van der Waals surface area contributed by atoms with E-state index in [-0.39, 0.29) is 18.8 Å². The summed E-state index contributed by atoms with van der Waals surface area (Å²) >= 11 is 0. The van der Waals surface area contributed by atoms with Gasteiger partial charge in [0.2, 0.25) is 59.1 Å². The van der Waals surface area contributed by atoms with Crippen LogP contribution in [0.2, 0.25) is 0 Å². The molecule has 18 N–H and O–H groups in total. The third-order valence-corrected chi connectivity index (χ3v) is 10.9. The molecule has 0 radical (unpaired) electrons. The van der Waals surface area contributed by atoms with Crippen LogP contribution in [-0.2, 0) is 64.0 Å². The number of benzene rings is 1. The molecule has 0 saturated heterocycles. The van der Waals surface area contributed by atoms with Gasteiger partial charge in [0.1, 0.15) is 48.3 Å². The molecule has 0 fully saturated rings. The number of aliphatic hydroxyl groups is 3. The number of carbonyl (C=O) groups is 12. The van der Waals surface area contributed by atoms with Crippen molar-refractivity contribution >= 4 is 71.0 Å². The van der Waals surface area contributed by atoms with Gasteiger partial charge in [0.05, 0.1) is 38.3 Å². The van der Waals surface area contributed by atoms with E-state index in [1.807, 2.05) is 0 Å². The largest absolute Gasteiger partial charge is 0.481 e. The van der Waals surface area contributed by atoms with E-state index in [0.717, 1.165) is 6.92 Å². The molecule has 0 spiro atoms. The summed E-state index contributed by atoms with van der Waals surface area (Å²) in [6.45, 7) is 7.93. The average molecular weight is 1050 g/mol. The van der Waals surface area contributed by atoms with Gasteiger partial charge in [-0.15, -0.1) is 0 Å². The maximum absolute atomic E-state index is 14.1. The number of carboxylic acid groups (broad SMARTS) is 2. The Hall–Kier alpha value is -7.30. The summed E-state index contributed by atoms with van der Waals surface area (Å²) in [4.78, 5) is 154. The minimum absolute atomic E-state index is 0.0137. The Balaban J connectivity index is 3.31. The lowest BCUT2D eigenvalue weighted by Crippen LogP contribution is -2.62. The van der Waals surface area contributed by atoms with Crippen LogP contribution in [0.15, 0.2) is 30.3 Å². The van der Waals surface area contributed by atoms with Crippen LogP contribution in [-0.4, -0.2) is 177 Å². The zero-order chi connectivity index (χ0) is 56.6. The number of primary amides is 1. The van der Waals surface area contributed by atoms with Crippen LogP contribution < -0.4 is 59.3 Å². The number of aliphatic carboxylic acids is 2. The summed E-state index contributed by atoms with van der Waals surface area (Å²) < 4.78 is 0. The van der Waals surface area contributed by atoms with E-state index >= 15 is 0 Å². The number of rotatable bonds is 33. The van der Waals surface area contributed by atoms with E-state index in [0.29, 0.717) is 5.56 Å². The molecule has 414 valence electrons. The zero-order valence-corrected chi connectivity index (χ0v) is 42.3. The molecular formula is C46H73N11O17. The van der Waals surface area contributed by atoms with Crippen LogP contribution in [0.1, 0.15) is 79.7 Å². The Morgan fingerprint density at radius 3 is 1.47 bits per heavy atom. The lowest BCUT2D eigenvalue weighted by Gasteiger charge is -2.29. The van der Waals surface area contributed by atoms with Gasteiger partial charge in [-0.3, -0.25) is 52.7 Å². The highest BCUT2D eigenvalue weighted by molar-refractivity contribution is 5.98. The van der Waals surface area contributed by atoms with Crippen LogP contribution in [0, 0.1) is 17.8 Å². The van der Waals surface area contributed by atoms with Gasteiger partial charge in [0, 0.05) is 12.8 Å². The fourth-order valence-electron chi connectivity index (χ4n) is 6.82. The zero-order valence-electron chi connectivity index (χ0n) is 42.3. The number of nitrogens with two attached hydrogens (primary N) is 2. The van der Waals surface area contributed by atoms with Crippen molar-refractivity contribution in [2.45, 2.75) is 141 Å². The first-order valence-electron chi connectivity index (χ1n) is 23.6. The van der Waals surface area contributed by atoms with E-state index in [1.54, 1.807) is 44.2 Å². The molecule has 0 saturated carbocycles. The van der Waals surface area contributed by atoms with Crippen molar-refractivity contribution in [1.29, 1.82) is 0 Å². The molecule has 1 aromatic rings. The molecule has 28 heteroatoms. The van der Waals surface area contributed by atoms with Gasteiger partial charge in [0.25, 0.3) is 0 Å². The average Bonchev–Trinajstić information content (AvgIpc) is 3.31. The second-order valence-electron chi connectivity index (χ2n) is 18.5. The van der Waals surface area contributed by atoms with Gasteiger partial charge < -0.3 is 84.9 Å². The molecule has 1 aromatic carbocycles. The standard InChI is InChI=1S/C46H73N11O17/c1-21(2)15-28(39(66)49-18-33(62)50-30(19-58)42(69)56-35(22(3)4)43(70)54-31(20-59)46(73)74)52-41(68)29(16-25-11-9-8-10-12-25)53-45(72)37(24(7)60)57-44(71)36(23(5)6)55-40(67)27(13-14-34(63)64)51-38(65)26(47)17-32(48)61/h8-12,21-24,26-31,35-37,58-60H,13-20,47H2,1-7H3,(H2,48,61)(H,49,66)(H,50,62)(H,51,65)(H,52,68)(H,53,72)(H,54,70)(H,55,67)(H,56,69)(H,57,71)(H,63,64)(H,73,74)/t24-,26+,27+,28+,29+,30+,31+,35+,36+,37+/m1/s1. The maximum Gasteiger partial charge on any atom is 0.328 e. The van der Waals surface area contributed by atoms with E-state index in [4.69, 9.17) is 11.5 Å². The Labute approximate surface area is 427 Å². The quantitative estimate of drug-likeness (QED) is 0.0312. The molecule has 0 aliphatic carbocycles. The van der Waals surface area contributed by atoms with Crippen LogP contribution in [0.4, 0.5) is 0 Å². The summed E-state index contributed by atoms with van der Waals surface area (Å²) in [6.07, 6.45) is -3.53. The molecule has 74 heavy (non-hydrogen) atoms. The molecule has 0 heterocycles. The fourth-order valence-corrected chi connectivity index (χ4v) is 6.82. The Morgan fingerprint density at radius 2 is 1.00 bits per heavy atom. The molecule has 0 bridgehead atoms. The first kappa shape index (κ1) is 64.7. The summed E-state index contributed by atoms with van der Waals surface area (Å²) in [6, 6.07) is -5.62. The minimum atomic E-state index is -1.79. The van der Waals surface area contributed by atoms with Crippen molar-refractivity contribution in [3.8, 4) is 0 Å². The van der Waals surface area contributed by atoms with Crippen molar-refractivity contribution < 1.29 is 83.1 Å². The van der Waals surface area contributed by atoms with E-state index in [2.05, 4.69) is 47.9 Å². The molecular weight excluding hydrogens is 979 g/mol. The van der Waals surface area contributed by atoms with Crippen LogP contribution in [0.5, 0.6) is 0 Å². The van der Waals surface area contributed by atoms with Crippen LogP contribution >= 0.6 is 0 Å². The van der Waals surface area contributed by atoms with Gasteiger partial charge in [-0.1, -0.05) is 71.9 Å². The van der Waals surface area contributed by atoms with E-state index in [9.17, 15) is 83.1 Å². The molecule has 0 aliphatic heterocycles. The van der Waals surface area contributed by atoms with Crippen molar-refractivity contribution in [3.05, 3.63) is 35.9 Å². The number of hydrogen-bond donors (Lipinski definition) is 16. The highest BCUT2D eigenvalue weighted by Gasteiger charge is 2.37. The normalized spacial score (nSPS) is 15.2. The Bertz CT molecular complexity index is 2130. The van der Waals surface area contributed by atoms with Gasteiger partial charge in [-0.05, 0) is 43.1 Å². The van der Waals surface area contributed by atoms with Gasteiger partial charge in [-0.25, -0.2) is 4.79 Å². The highest BCUT2D eigenvalue weighted by Crippen LogP contribution is 2.11. The SMILES string of the molecule is CC(C)C[C@H](NC(=O)[C@H](Cc1ccccc1)NC(=O)[C@@H](NC(=O)[C@@H](NC(=O)[C@H](CCC(=O)O)NC(=O)[C@@H](N)CC(N)=O)C(C)C)[C@@H](C)O)C(=O)NCC(=O)N[C@@H](CO)C(=O)N[C@H](C(=O)N[C@@H](CO)C(=O)O)C(C)C. The highest BCUT2D eigenvalue weighted by atomic mass is 16.4. The number of nitrogens with one attached hydrogen (secondary N) is 9. The second-order valence-corrected chi connectivity index (χ2v) is 18.5. The van der Waals surface area contributed by atoms with Crippen LogP contribution in [0.25, 0.3) is 0 Å². The first-order chi connectivity index (χ1) is 34.5. The predicted octanol–water partition coefficient (Wildman–Crippen LogP) is -5.90. The molecule has 28 nitrogen and oxygen atoms in total. The Kier molecular flexibility index (Phi) is 28.0. The number of amides is 10. The molecule has 10 atom stereocenters. The van der Waals surface area contributed by atoms with Gasteiger partial charge in [-0.2, -0.15) is 0 Å². The molecule has 0 aliphatic rings. The molecule has 0 unspecified atom stereocenters.